The Morgan fingerprint density at radius 3 is 2.27 bits per heavy atom. The summed E-state index contributed by atoms with van der Waals surface area (Å²) < 4.78 is 40.6. The maximum atomic E-state index is 12.6. The first-order chi connectivity index (χ1) is 14.5. The molecule has 1 N–H and O–H groups in total. The van der Waals surface area contributed by atoms with Crippen molar-refractivity contribution in [2.45, 2.75) is 33.0 Å². The highest BCUT2D eigenvalue weighted by molar-refractivity contribution is 5.43. The van der Waals surface area contributed by atoms with Gasteiger partial charge in [-0.3, -0.25) is 4.90 Å². The van der Waals surface area contributed by atoms with Crippen LogP contribution in [0, 0.1) is 13.8 Å². The molecule has 3 rings (SSSR count). The molecule has 7 heteroatoms. The van der Waals surface area contributed by atoms with Gasteiger partial charge in [0.1, 0.15) is 11.5 Å². The molecular weight excluding hydrogens is 390 g/mol. The fraction of sp³-hybridized carbons (Fsp3) is 0.478. The molecule has 2 aromatic carbocycles. The molecule has 1 aliphatic rings. The van der Waals surface area contributed by atoms with Crippen molar-refractivity contribution >= 4 is 0 Å². The molecule has 2 aromatic rings. The van der Waals surface area contributed by atoms with Crippen LogP contribution in [-0.4, -0.2) is 51.5 Å². The topological polar surface area (TPSA) is 43.0 Å². The van der Waals surface area contributed by atoms with Crippen molar-refractivity contribution < 1.29 is 23.0 Å². The summed E-state index contributed by atoms with van der Waals surface area (Å²) in [6.45, 7) is 5.42. The normalized spacial score (nSPS) is 15.9. The van der Waals surface area contributed by atoms with E-state index in [0.29, 0.717) is 17.7 Å². The average molecular weight is 421 g/mol. The lowest BCUT2D eigenvalue weighted by Crippen LogP contribution is -2.42. The Morgan fingerprint density at radius 1 is 1.07 bits per heavy atom. The van der Waals surface area contributed by atoms with E-state index in [1.165, 1.54) is 5.56 Å². The monoisotopic (exact) mass is 420 g/mol. The van der Waals surface area contributed by atoms with E-state index in [0.717, 1.165) is 44.2 Å². The van der Waals surface area contributed by atoms with Gasteiger partial charge >= 0.3 is 6.61 Å². The average Bonchev–Trinajstić information content (AvgIpc) is 2.74. The Bertz CT molecular complexity index is 786. The predicted molar refractivity (Wildman–Crippen MR) is 112 cm³/mol. The molecule has 1 atom stereocenters. The third kappa shape index (κ3) is 5.90. The van der Waals surface area contributed by atoms with Gasteiger partial charge in [-0.1, -0.05) is 24.3 Å². The molecule has 0 spiro atoms. The number of rotatable bonds is 9. The van der Waals surface area contributed by atoms with Gasteiger partial charge in [-0.05, 0) is 48.2 Å². The van der Waals surface area contributed by atoms with Crippen LogP contribution in [0.5, 0.6) is 11.5 Å². The van der Waals surface area contributed by atoms with Crippen molar-refractivity contribution in [1.82, 2.24) is 10.2 Å². The Kier molecular flexibility index (Phi) is 8.01. The first-order valence-electron chi connectivity index (χ1n) is 10.2. The standard InChI is InChI=1S/C23H30F2N2O3/c1-16-12-18(13-17(2)22(16)30-23(24)25)14-26-15-21(27-8-10-29-11-9-27)19-4-6-20(28-3)7-5-19/h4-7,12-13,21,23,26H,8-11,14-15H2,1-3H3/t21-/m1/s1. The zero-order chi connectivity index (χ0) is 21.5. The van der Waals surface area contributed by atoms with Crippen LogP contribution in [-0.2, 0) is 11.3 Å². The predicted octanol–water partition coefficient (Wildman–Crippen LogP) is 4.08. The van der Waals surface area contributed by atoms with Gasteiger partial charge in [0.2, 0.25) is 0 Å². The molecule has 0 bridgehead atoms. The molecule has 0 unspecified atom stereocenters. The fourth-order valence-electron chi connectivity index (χ4n) is 3.94. The lowest BCUT2D eigenvalue weighted by atomic mass is 10.0. The summed E-state index contributed by atoms with van der Waals surface area (Å²) in [5.74, 6) is 1.10. The van der Waals surface area contributed by atoms with Gasteiger partial charge < -0.3 is 19.5 Å². The molecule has 0 aromatic heterocycles. The summed E-state index contributed by atoms with van der Waals surface area (Å²) in [7, 11) is 1.66. The SMILES string of the molecule is COc1ccc([C@@H](CNCc2cc(C)c(OC(F)F)c(C)c2)N2CCOCC2)cc1. The van der Waals surface area contributed by atoms with Crippen LogP contribution >= 0.6 is 0 Å². The number of halogens is 2. The lowest BCUT2D eigenvalue weighted by molar-refractivity contribution is -0.0507. The summed E-state index contributed by atoms with van der Waals surface area (Å²) in [5.41, 5.74) is 3.69. The van der Waals surface area contributed by atoms with Gasteiger partial charge in [0.25, 0.3) is 0 Å². The van der Waals surface area contributed by atoms with Crippen LogP contribution in [0.15, 0.2) is 36.4 Å². The molecule has 1 fully saturated rings. The third-order valence-corrected chi connectivity index (χ3v) is 5.38. The van der Waals surface area contributed by atoms with Crippen molar-refractivity contribution in [2.75, 3.05) is 40.0 Å². The van der Waals surface area contributed by atoms with E-state index in [1.54, 1.807) is 21.0 Å². The van der Waals surface area contributed by atoms with Crippen LogP contribution in [0.3, 0.4) is 0 Å². The van der Waals surface area contributed by atoms with E-state index in [-0.39, 0.29) is 11.8 Å². The first-order valence-corrected chi connectivity index (χ1v) is 10.2. The lowest BCUT2D eigenvalue weighted by Gasteiger charge is -2.35. The number of benzene rings is 2. The third-order valence-electron chi connectivity index (χ3n) is 5.38. The molecule has 1 heterocycles. The van der Waals surface area contributed by atoms with Crippen LogP contribution in [0.25, 0.3) is 0 Å². The van der Waals surface area contributed by atoms with Crippen LogP contribution in [0.2, 0.25) is 0 Å². The van der Waals surface area contributed by atoms with E-state index in [1.807, 2.05) is 24.3 Å². The zero-order valence-electron chi connectivity index (χ0n) is 17.8. The minimum absolute atomic E-state index is 0.212. The van der Waals surface area contributed by atoms with E-state index < -0.39 is 6.61 Å². The minimum Gasteiger partial charge on any atom is -0.497 e. The molecule has 1 aliphatic heterocycles. The van der Waals surface area contributed by atoms with Gasteiger partial charge in [-0.2, -0.15) is 8.78 Å². The fourth-order valence-corrected chi connectivity index (χ4v) is 3.94. The molecule has 0 radical (unpaired) electrons. The molecule has 30 heavy (non-hydrogen) atoms. The Morgan fingerprint density at radius 2 is 1.70 bits per heavy atom. The minimum atomic E-state index is -2.81. The maximum Gasteiger partial charge on any atom is 0.387 e. The van der Waals surface area contributed by atoms with Gasteiger partial charge in [0, 0.05) is 32.2 Å². The Labute approximate surface area is 176 Å². The number of hydrogen-bond acceptors (Lipinski definition) is 5. The van der Waals surface area contributed by atoms with Gasteiger partial charge in [-0.15, -0.1) is 0 Å². The summed E-state index contributed by atoms with van der Waals surface area (Å²) in [6.07, 6.45) is 0. The summed E-state index contributed by atoms with van der Waals surface area (Å²) in [5, 5.41) is 3.54. The summed E-state index contributed by atoms with van der Waals surface area (Å²) in [6, 6.07) is 12.2. The van der Waals surface area contributed by atoms with E-state index in [2.05, 4.69) is 27.1 Å². The smallest absolute Gasteiger partial charge is 0.387 e. The van der Waals surface area contributed by atoms with Gasteiger partial charge in [0.15, 0.2) is 0 Å². The van der Waals surface area contributed by atoms with Gasteiger partial charge in [0.05, 0.1) is 20.3 Å². The Hall–Kier alpha value is -2.22. The second-order valence-corrected chi connectivity index (χ2v) is 7.51. The maximum absolute atomic E-state index is 12.6. The van der Waals surface area contributed by atoms with E-state index in [9.17, 15) is 8.78 Å². The second kappa shape index (κ2) is 10.7. The van der Waals surface area contributed by atoms with Crippen molar-refractivity contribution in [2.24, 2.45) is 0 Å². The number of ether oxygens (including phenoxy) is 3. The number of nitrogens with one attached hydrogen (secondary N) is 1. The van der Waals surface area contributed by atoms with E-state index >= 15 is 0 Å². The summed E-state index contributed by atoms with van der Waals surface area (Å²) >= 11 is 0. The zero-order valence-corrected chi connectivity index (χ0v) is 17.8. The highest BCUT2D eigenvalue weighted by Gasteiger charge is 2.22. The molecule has 0 amide bonds. The largest absolute Gasteiger partial charge is 0.497 e. The Balaban J connectivity index is 1.68. The van der Waals surface area contributed by atoms with Crippen LogP contribution in [0.1, 0.15) is 28.3 Å². The molecule has 164 valence electrons. The molecule has 0 saturated carbocycles. The molecule has 1 saturated heterocycles. The number of morpholine rings is 1. The van der Waals surface area contributed by atoms with E-state index in [4.69, 9.17) is 9.47 Å². The number of nitrogens with zero attached hydrogens (tertiary/aromatic N) is 1. The molecule has 0 aliphatic carbocycles. The highest BCUT2D eigenvalue weighted by atomic mass is 19.3. The first kappa shape index (κ1) is 22.5. The molecule has 5 nitrogen and oxygen atoms in total. The van der Waals surface area contributed by atoms with Crippen LogP contribution < -0.4 is 14.8 Å². The van der Waals surface area contributed by atoms with Crippen LogP contribution in [0.4, 0.5) is 8.78 Å². The van der Waals surface area contributed by atoms with Crippen molar-refractivity contribution in [3.05, 3.63) is 58.7 Å². The number of methoxy groups -OCH3 is 1. The second-order valence-electron chi connectivity index (χ2n) is 7.51. The van der Waals surface area contributed by atoms with Crippen molar-refractivity contribution in [1.29, 1.82) is 0 Å². The van der Waals surface area contributed by atoms with Crippen molar-refractivity contribution in [3.63, 3.8) is 0 Å². The highest BCUT2D eigenvalue weighted by Crippen LogP contribution is 2.27. The van der Waals surface area contributed by atoms with Crippen molar-refractivity contribution in [3.8, 4) is 11.5 Å². The molecular formula is C23H30F2N2O3. The van der Waals surface area contributed by atoms with Gasteiger partial charge in [-0.25, -0.2) is 0 Å². The summed E-state index contributed by atoms with van der Waals surface area (Å²) in [4.78, 5) is 2.42. The quantitative estimate of drug-likeness (QED) is 0.662. The number of alkyl halides is 2. The number of aryl methyl sites for hydroxylation is 2. The number of hydrogen-bond donors (Lipinski definition) is 1.